The van der Waals surface area contributed by atoms with Crippen LogP contribution in [0.2, 0.25) is 5.02 Å². The molecule has 1 aliphatic rings. The van der Waals surface area contributed by atoms with Gasteiger partial charge >= 0.3 is 0 Å². The maximum Gasteiger partial charge on any atom is 0.242 e. The minimum atomic E-state index is -0.575. The number of methoxy groups -OCH3 is 2. The molecule has 0 spiro atoms. The molecule has 0 radical (unpaired) electrons. The number of ether oxygens (including phenoxy) is 2. The van der Waals surface area contributed by atoms with E-state index >= 15 is 0 Å². The summed E-state index contributed by atoms with van der Waals surface area (Å²) in [5.41, 5.74) is 1.20. The molecule has 0 saturated carbocycles. The van der Waals surface area contributed by atoms with Crippen molar-refractivity contribution in [2.24, 2.45) is 4.99 Å². The van der Waals surface area contributed by atoms with E-state index in [2.05, 4.69) is 10.3 Å². The number of amidine groups is 1. The number of nitrogens with zero attached hydrogens (tertiary/aromatic N) is 2. The first-order valence-electron chi connectivity index (χ1n) is 9.26. The third-order valence-corrected chi connectivity index (χ3v) is 5.74. The molecule has 158 valence electrons. The highest BCUT2D eigenvalue weighted by molar-refractivity contribution is 8.15. The Balaban J connectivity index is 1.74. The maximum atomic E-state index is 12.9. The normalized spacial score (nSPS) is 17.4. The first kappa shape index (κ1) is 22.1. The zero-order valence-electron chi connectivity index (χ0n) is 16.6. The van der Waals surface area contributed by atoms with E-state index in [0.717, 1.165) is 5.69 Å². The Bertz CT molecular complexity index is 939. The van der Waals surface area contributed by atoms with Gasteiger partial charge < -0.3 is 14.8 Å². The molecule has 7 nitrogen and oxygen atoms in total. The van der Waals surface area contributed by atoms with E-state index in [0.29, 0.717) is 34.8 Å². The summed E-state index contributed by atoms with van der Waals surface area (Å²) >= 11 is 7.29. The number of hydrogen-bond acceptors (Lipinski definition) is 6. The van der Waals surface area contributed by atoms with Crippen LogP contribution >= 0.6 is 23.4 Å². The Labute approximate surface area is 184 Å². The number of thioether (sulfide) groups is 1. The molecular weight excluding hydrogens is 426 g/mol. The SMILES string of the molecule is COCCN1C(=O)C(CC(=O)Nc2cc(Cl)ccc2OC)SC1=Nc1ccccc1. The second-order valence-corrected chi connectivity index (χ2v) is 8.02. The highest BCUT2D eigenvalue weighted by Gasteiger charge is 2.39. The lowest BCUT2D eigenvalue weighted by atomic mass is 10.2. The number of rotatable bonds is 8. The highest BCUT2D eigenvalue weighted by atomic mass is 35.5. The van der Waals surface area contributed by atoms with Crippen molar-refractivity contribution in [2.75, 3.05) is 32.7 Å². The number of carbonyl (C=O) groups excluding carboxylic acids is 2. The fourth-order valence-electron chi connectivity index (χ4n) is 2.87. The van der Waals surface area contributed by atoms with E-state index in [1.54, 1.807) is 30.2 Å². The van der Waals surface area contributed by atoms with Crippen LogP contribution in [0.5, 0.6) is 5.75 Å². The number of carbonyl (C=O) groups is 2. The number of anilines is 1. The van der Waals surface area contributed by atoms with Crippen molar-refractivity contribution < 1.29 is 19.1 Å². The van der Waals surface area contributed by atoms with Crippen molar-refractivity contribution in [3.8, 4) is 5.75 Å². The Morgan fingerprint density at radius 3 is 2.70 bits per heavy atom. The van der Waals surface area contributed by atoms with E-state index in [9.17, 15) is 9.59 Å². The van der Waals surface area contributed by atoms with Crippen molar-refractivity contribution in [3.63, 3.8) is 0 Å². The van der Waals surface area contributed by atoms with Crippen LogP contribution in [0.4, 0.5) is 11.4 Å². The van der Waals surface area contributed by atoms with E-state index < -0.39 is 5.25 Å². The molecule has 1 heterocycles. The van der Waals surface area contributed by atoms with Gasteiger partial charge in [-0.25, -0.2) is 4.99 Å². The molecule has 1 atom stereocenters. The highest BCUT2D eigenvalue weighted by Crippen LogP contribution is 2.33. The first-order chi connectivity index (χ1) is 14.5. The van der Waals surface area contributed by atoms with Crippen LogP contribution in [0.25, 0.3) is 0 Å². The molecule has 1 aliphatic heterocycles. The molecule has 1 N–H and O–H groups in total. The Morgan fingerprint density at radius 1 is 1.23 bits per heavy atom. The average Bonchev–Trinajstić information content (AvgIpc) is 3.01. The summed E-state index contributed by atoms with van der Waals surface area (Å²) in [7, 11) is 3.08. The molecule has 3 rings (SSSR count). The largest absolute Gasteiger partial charge is 0.495 e. The third kappa shape index (κ3) is 5.53. The number of aliphatic imine (C=N–C) groups is 1. The van der Waals surface area contributed by atoms with Gasteiger partial charge in [0, 0.05) is 18.6 Å². The molecule has 1 fully saturated rings. The number of halogens is 1. The minimum Gasteiger partial charge on any atom is -0.495 e. The minimum absolute atomic E-state index is 0.00351. The van der Waals surface area contributed by atoms with Crippen LogP contribution in [-0.4, -0.2) is 54.5 Å². The van der Waals surface area contributed by atoms with Crippen molar-refractivity contribution in [1.29, 1.82) is 0 Å². The fourth-order valence-corrected chi connectivity index (χ4v) is 4.23. The number of amides is 2. The molecule has 1 unspecified atom stereocenters. The number of benzene rings is 2. The second-order valence-electron chi connectivity index (χ2n) is 6.42. The molecule has 0 aromatic heterocycles. The molecule has 0 aliphatic carbocycles. The summed E-state index contributed by atoms with van der Waals surface area (Å²) in [6, 6.07) is 14.3. The fraction of sp³-hybridized carbons (Fsp3) is 0.286. The van der Waals surface area contributed by atoms with Gasteiger partial charge in [-0.3, -0.25) is 14.5 Å². The summed E-state index contributed by atoms with van der Waals surface area (Å²) in [5, 5.41) is 3.23. The Morgan fingerprint density at radius 2 is 2.00 bits per heavy atom. The molecule has 1 saturated heterocycles. The van der Waals surface area contributed by atoms with Crippen molar-refractivity contribution in [2.45, 2.75) is 11.7 Å². The van der Waals surface area contributed by atoms with Crippen molar-refractivity contribution in [1.82, 2.24) is 4.90 Å². The van der Waals surface area contributed by atoms with Crippen molar-refractivity contribution >= 4 is 51.7 Å². The predicted octanol–water partition coefficient (Wildman–Crippen LogP) is 3.96. The van der Waals surface area contributed by atoms with Gasteiger partial charge in [0.1, 0.15) is 11.0 Å². The molecule has 9 heteroatoms. The van der Waals surface area contributed by atoms with Crippen LogP contribution in [0.1, 0.15) is 6.42 Å². The quantitative estimate of drug-likeness (QED) is 0.662. The predicted molar refractivity (Wildman–Crippen MR) is 120 cm³/mol. The first-order valence-corrected chi connectivity index (χ1v) is 10.5. The summed E-state index contributed by atoms with van der Waals surface area (Å²) < 4.78 is 10.4. The number of para-hydroxylation sites is 1. The molecule has 0 bridgehead atoms. The van der Waals surface area contributed by atoms with Crippen molar-refractivity contribution in [3.05, 3.63) is 53.6 Å². The smallest absolute Gasteiger partial charge is 0.242 e. The molecule has 30 heavy (non-hydrogen) atoms. The van der Waals surface area contributed by atoms with Gasteiger partial charge in [0.25, 0.3) is 0 Å². The summed E-state index contributed by atoms with van der Waals surface area (Å²) in [5.74, 6) is 0.0141. The lowest BCUT2D eigenvalue weighted by molar-refractivity contribution is -0.128. The third-order valence-electron chi connectivity index (χ3n) is 4.33. The van der Waals surface area contributed by atoms with Gasteiger partial charge in [-0.05, 0) is 30.3 Å². The van der Waals surface area contributed by atoms with Gasteiger partial charge in [-0.15, -0.1) is 0 Å². The maximum absolute atomic E-state index is 12.9. The van der Waals surface area contributed by atoms with E-state index in [1.165, 1.54) is 18.9 Å². The Kier molecular flexibility index (Phi) is 7.73. The summed E-state index contributed by atoms with van der Waals surface area (Å²) in [6.07, 6.45) is -0.00351. The molecule has 2 aromatic carbocycles. The number of nitrogens with one attached hydrogen (secondary N) is 1. The van der Waals surface area contributed by atoms with Gasteiger partial charge in [-0.1, -0.05) is 41.6 Å². The zero-order chi connectivity index (χ0) is 21.5. The van der Waals surface area contributed by atoms with Crippen LogP contribution in [0.3, 0.4) is 0 Å². The van der Waals surface area contributed by atoms with Gasteiger partial charge in [0.05, 0.1) is 31.6 Å². The van der Waals surface area contributed by atoms with E-state index in [1.807, 2.05) is 30.3 Å². The number of hydrogen-bond donors (Lipinski definition) is 1. The molecule has 2 amide bonds. The summed E-state index contributed by atoms with van der Waals surface area (Å²) in [6.45, 7) is 0.743. The van der Waals surface area contributed by atoms with Gasteiger partial charge in [-0.2, -0.15) is 0 Å². The van der Waals surface area contributed by atoms with Crippen LogP contribution in [0.15, 0.2) is 53.5 Å². The standard InChI is InChI=1S/C21H22ClN3O4S/c1-28-11-10-25-20(27)18(30-21(25)23-15-6-4-3-5-7-15)13-19(26)24-16-12-14(22)8-9-17(16)29-2/h3-9,12,18H,10-11,13H2,1-2H3,(H,24,26). The van der Waals surface area contributed by atoms with Crippen LogP contribution in [0, 0.1) is 0 Å². The second kappa shape index (κ2) is 10.5. The monoisotopic (exact) mass is 447 g/mol. The van der Waals surface area contributed by atoms with Crippen LogP contribution in [-0.2, 0) is 14.3 Å². The van der Waals surface area contributed by atoms with Gasteiger partial charge in [0.15, 0.2) is 5.17 Å². The molecule has 2 aromatic rings. The zero-order valence-corrected chi connectivity index (χ0v) is 18.2. The van der Waals surface area contributed by atoms with E-state index in [-0.39, 0.29) is 18.2 Å². The van der Waals surface area contributed by atoms with E-state index in [4.69, 9.17) is 21.1 Å². The van der Waals surface area contributed by atoms with Crippen LogP contribution < -0.4 is 10.1 Å². The lowest BCUT2D eigenvalue weighted by Crippen LogP contribution is -2.35. The van der Waals surface area contributed by atoms with Gasteiger partial charge in [0.2, 0.25) is 11.8 Å². The lowest BCUT2D eigenvalue weighted by Gasteiger charge is -2.16. The topological polar surface area (TPSA) is 80.2 Å². The summed E-state index contributed by atoms with van der Waals surface area (Å²) in [4.78, 5) is 31.7. The Hall–Kier alpha value is -2.55. The average molecular weight is 448 g/mol. The molecular formula is C21H22ClN3O4S.